The van der Waals surface area contributed by atoms with Gasteiger partial charge in [-0.1, -0.05) is 29.8 Å². The number of benzene rings is 2. The fraction of sp³-hybridized carbons (Fsp3) is 0.235. The number of hydrogen-bond donors (Lipinski definition) is 1. The number of aryl methyl sites for hydroxylation is 1. The average molecular weight is 317 g/mol. The molecule has 0 radical (unpaired) electrons. The van der Waals surface area contributed by atoms with Gasteiger partial charge in [0.2, 0.25) is 0 Å². The molecule has 22 heavy (non-hydrogen) atoms. The van der Waals surface area contributed by atoms with Crippen LogP contribution in [0.15, 0.2) is 42.5 Å². The maximum Gasteiger partial charge on any atom is 0.148 e. The van der Waals surface area contributed by atoms with E-state index in [1.54, 1.807) is 0 Å². The van der Waals surface area contributed by atoms with E-state index in [1.165, 1.54) is 0 Å². The van der Waals surface area contributed by atoms with Gasteiger partial charge in [-0.25, -0.2) is 4.98 Å². The van der Waals surface area contributed by atoms with Gasteiger partial charge in [0.05, 0.1) is 17.6 Å². The highest BCUT2D eigenvalue weighted by molar-refractivity contribution is 6.31. The van der Waals surface area contributed by atoms with Crippen molar-refractivity contribution in [2.24, 2.45) is 0 Å². The minimum Gasteiger partial charge on any atom is -0.485 e. The van der Waals surface area contributed by atoms with E-state index in [9.17, 15) is 5.11 Å². The first-order valence-corrected chi connectivity index (χ1v) is 7.51. The zero-order valence-corrected chi connectivity index (χ0v) is 13.0. The van der Waals surface area contributed by atoms with Crippen LogP contribution in [0.5, 0.6) is 5.75 Å². The van der Waals surface area contributed by atoms with E-state index >= 15 is 0 Å². The van der Waals surface area contributed by atoms with E-state index in [0.29, 0.717) is 18.2 Å². The molecular formula is C17H17ClN2O2. The molecule has 0 saturated heterocycles. The number of rotatable bonds is 5. The van der Waals surface area contributed by atoms with Crippen molar-refractivity contribution in [3.05, 3.63) is 58.9 Å². The molecule has 1 heterocycles. The van der Waals surface area contributed by atoms with Crippen LogP contribution in [0, 0.1) is 6.92 Å². The highest BCUT2D eigenvalue weighted by Crippen LogP contribution is 2.23. The Morgan fingerprint density at radius 2 is 2.05 bits per heavy atom. The van der Waals surface area contributed by atoms with E-state index < -0.39 is 0 Å². The fourth-order valence-electron chi connectivity index (χ4n) is 2.47. The van der Waals surface area contributed by atoms with E-state index in [2.05, 4.69) is 4.98 Å². The van der Waals surface area contributed by atoms with Crippen LogP contribution in [0.3, 0.4) is 0 Å². The van der Waals surface area contributed by atoms with Crippen LogP contribution in [0.2, 0.25) is 5.02 Å². The van der Waals surface area contributed by atoms with Gasteiger partial charge < -0.3 is 14.4 Å². The van der Waals surface area contributed by atoms with Crippen LogP contribution >= 0.6 is 11.6 Å². The molecule has 114 valence electrons. The second-order valence-corrected chi connectivity index (χ2v) is 5.53. The molecule has 1 N–H and O–H groups in total. The number of para-hydroxylation sites is 1. The Morgan fingerprint density at radius 1 is 1.23 bits per heavy atom. The summed E-state index contributed by atoms with van der Waals surface area (Å²) in [5.41, 5.74) is 2.83. The summed E-state index contributed by atoms with van der Waals surface area (Å²) in [6, 6.07) is 13.4. The standard InChI is InChI=1S/C17H17ClN2O2/c1-12-4-2-3-5-16(12)22-11-17-19-14-7-6-13(18)10-15(14)20(17)8-9-21/h2-7,10,21H,8-9,11H2,1H3. The smallest absolute Gasteiger partial charge is 0.148 e. The van der Waals surface area contributed by atoms with Crippen molar-refractivity contribution in [2.75, 3.05) is 6.61 Å². The zero-order chi connectivity index (χ0) is 15.5. The summed E-state index contributed by atoms with van der Waals surface area (Å²) < 4.78 is 7.82. The Bertz CT molecular complexity index is 798. The van der Waals surface area contributed by atoms with E-state index in [-0.39, 0.29) is 6.61 Å². The number of fused-ring (bicyclic) bond motifs is 1. The third-order valence-electron chi connectivity index (χ3n) is 3.56. The summed E-state index contributed by atoms with van der Waals surface area (Å²) in [5.74, 6) is 1.61. The van der Waals surface area contributed by atoms with Gasteiger partial charge in [-0.15, -0.1) is 0 Å². The molecular weight excluding hydrogens is 300 g/mol. The molecule has 0 unspecified atom stereocenters. The molecule has 0 saturated carbocycles. The molecule has 3 aromatic rings. The Balaban J connectivity index is 1.92. The minimum atomic E-state index is 0.0370. The quantitative estimate of drug-likeness (QED) is 0.782. The van der Waals surface area contributed by atoms with Crippen LogP contribution in [-0.2, 0) is 13.2 Å². The first-order chi connectivity index (χ1) is 10.7. The number of imidazole rings is 1. The summed E-state index contributed by atoms with van der Waals surface area (Å²) in [6.45, 7) is 2.85. The predicted molar refractivity (Wildman–Crippen MR) is 87.3 cm³/mol. The first-order valence-electron chi connectivity index (χ1n) is 7.13. The first kappa shape index (κ1) is 14.9. The Labute approximate surface area is 133 Å². The molecule has 2 aromatic carbocycles. The van der Waals surface area contributed by atoms with Crippen LogP contribution < -0.4 is 4.74 Å². The molecule has 0 aliphatic rings. The molecule has 0 aliphatic carbocycles. The lowest BCUT2D eigenvalue weighted by Crippen LogP contribution is -2.10. The number of aliphatic hydroxyl groups excluding tert-OH is 1. The highest BCUT2D eigenvalue weighted by atomic mass is 35.5. The molecule has 3 rings (SSSR count). The monoisotopic (exact) mass is 316 g/mol. The molecule has 0 bridgehead atoms. The van der Waals surface area contributed by atoms with Crippen molar-refractivity contribution in [3.8, 4) is 5.75 Å². The predicted octanol–water partition coefficient (Wildman–Crippen LogP) is 3.57. The van der Waals surface area contributed by atoms with Crippen molar-refractivity contribution < 1.29 is 9.84 Å². The summed E-state index contributed by atoms with van der Waals surface area (Å²) >= 11 is 6.06. The molecule has 0 atom stereocenters. The van der Waals surface area contributed by atoms with Gasteiger partial charge in [-0.2, -0.15) is 0 Å². The molecule has 0 aliphatic heterocycles. The molecule has 0 amide bonds. The summed E-state index contributed by atoms with van der Waals surface area (Å²) in [7, 11) is 0. The third-order valence-corrected chi connectivity index (χ3v) is 3.80. The fourth-order valence-corrected chi connectivity index (χ4v) is 2.63. The molecule has 4 nitrogen and oxygen atoms in total. The Kier molecular flexibility index (Phi) is 4.32. The molecule has 0 spiro atoms. The normalized spacial score (nSPS) is 11.0. The van der Waals surface area contributed by atoms with Gasteiger partial charge >= 0.3 is 0 Å². The topological polar surface area (TPSA) is 47.3 Å². The zero-order valence-electron chi connectivity index (χ0n) is 12.3. The van der Waals surface area contributed by atoms with Crippen molar-refractivity contribution in [2.45, 2.75) is 20.1 Å². The van der Waals surface area contributed by atoms with E-state index in [0.717, 1.165) is 28.2 Å². The van der Waals surface area contributed by atoms with Crippen LogP contribution in [0.4, 0.5) is 0 Å². The van der Waals surface area contributed by atoms with Crippen molar-refractivity contribution in [3.63, 3.8) is 0 Å². The minimum absolute atomic E-state index is 0.0370. The molecule has 1 aromatic heterocycles. The van der Waals surface area contributed by atoms with Gasteiger partial charge in [-0.05, 0) is 36.8 Å². The number of nitrogens with zero attached hydrogens (tertiary/aromatic N) is 2. The van der Waals surface area contributed by atoms with E-state index in [1.807, 2.05) is 54.0 Å². The number of aliphatic hydroxyl groups is 1. The van der Waals surface area contributed by atoms with Crippen LogP contribution in [0.25, 0.3) is 11.0 Å². The largest absolute Gasteiger partial charge is 0.485 e. The average Bonchev–Trinajstić information content (AvgIpc) is 2.84. The Morgan fingerprint density at radius 3 is 2.82 bits per heavy atom. The second kappa shape index (κ2) is 6.38. The van der Waals surface area contributed by atoms with Gasteiger partial charge in [0, 0.05) is 11.6 Å². The number of ether oxygens (including phenoxy) is 1. The van der Waals surface area contributed by atoms with Crippen molar-refractivity contribution in [1.29, 1.82) is 0 Å². The number of aromatic nitrogens is 2. The van der Waals surface area contributed by atoms with Crippen LogP contribution in [0.1, 0.15) is 11.4 Å². The highest BCUT2D eigenvalue weighted by Gasteiger charge is 2.12. The SMILES string of the molecule is Cc1ccccc1OCc1nc2ccc(Cl)cc2n1CCO. The number of halogens is 1. The number of hydrogen-bond acceptors (Lipinski definition) is 3. The summed E-state index contributed by atoms with van der Waals surface area (Å²) in [6.07, 6.45) is 0. The maximum atomic E-state index is 9.30. The Hall–Kier alpha value is -2.04. The lowest BCUT2D eigenvalue weighted by atomic mass is 10.2. The van der Waals surface area contributed by atoms with Gasteiger partial charge in [-0.3, -0.25) is 0 Å². The van der Waals surface area contributed by atoms with Crippen molar-refractivity contribution >= 4 is 22.6 Å². The molecule has 0 fully saturated rings. The van der Waals surface area contributed by atoms with Gasteiger partial charge in [0.1, 0.15) is 18.2 Å². The second-order valence-electron chi connectivity index (χ2n) is 5.09. The molecule has 5 heteroatoms. The van der Waals surface area contributed by atoms with Crippen LogP contribution in [-0.4, -0.2) is 21.3 Å². The van der Waals surface area contributed by atoms with Gasteiger partial charge in [0.25, 0.3) is 0 Å². The van der Waals surface area contributed by atoms with Gasteiger partial charge in [0.15, 0.2) is 0 Å². The maximum absolute atomic E-state index is 9.30. The lowest BCUT2D eigenvalue weighted by Gasteiger charge is -2.10. The van der Waals surface area contributed by atoms with E-state index in [4.69, 9.17) is 16.3 Å². The summed E-state index contributed by atoms with van der Waals surface area (Å²) in [4.78, 5) is 4.59. The van der Waals surface area contributed by atoms with Crippen molar-refractivity contribution in [1.82, 2.24) is 9.55 Å². The lowest BCUT2D eigenvalue weighted by molar-refractivity contribution is 0.260. The summed E-state index contributed by atoms with van der Waals surface area (Å²) in [5, 5.41) is 9.95. The third kappa shape index (κ3) is 2.93.